The molecule has 0 amide bonds. The average molecular weight is 545 g/mol. The molecule has 0 saturated heterocycles. The van der Waals surface area contributed by atoms with E-state index in [2.05, 4.69) is 4.98 Å². The number of aromatic nitrogens is 1. The van der Waals surface area contributed by atoms with Crippen LogP contribution in [0.1, 0.15) is 16.4 Å². The van der Waals surface area contributed by atoms with Crippen molar-refractivity contribution in [3.8, 4) is 5.75 Å². The van der Waals surface area contributed by atoms with Crippen molar-refractivity contribution in [1.29, 1.82) is 0 Å². The van der Waals surface area contributed by atoms with Crippen LogP contribution in [0.3, 0.4) is 0 Å². The summed E-state index contributed by atoms with van der Waals surface area (Å²) in [6, 6.07) is 11.0. The molecule has 0 fully saturated rings. The van der Waals surface area contributed by atoms with Gasteiger partial charge in [-0.2, -0.15) is 8.42 Å². The molecule has 9 nitrogen and oxygen atoms in total. The second-order valence-corrected chi connectivity index (χ2v) is 10.5. The molecule has 1 unspecified atom stereocenters. The topological polar surface area (TPSA) is 129 Å². The molecule has 0 saturated carbocycles. The van der Waals surface area contributed by atoms with Crippen LogP contribution in [0.25, 0.3) is 0 Å². The average Bonchev–Trinajstić information content (AvgIpc) is 3.27. The van der Waals surface area contributed by atoms with Crippen LogP contribution in [0.2, 0.25) is 0 Å². The predicted octanol–water partition coefficient (Wildman–Crippen LogP) is 4.61. The predicted molar refractivity (Wildman–Crippen MR) is 136 cm³/mol. The van der Waals surface area contributed by atoms with Crippen LogP contribution in [-0.2, 0) is 16.5 Å². The van der Waals surface area contributed by atoms with Crippen molar-refractivity contribution in [3.63, 3.8) is 0 Å². The molecule has 1 aromatic carbocycles. The number of nitrogens with two attached hydrogens (primary N) is 1. The summed E-state index contributed by atoms with van der Waals surface area (Å²) in [7, 11) is -4.27. The number of alkyl halides is 2. The van der Waals surface area contributed by atoms with E-state index < -0.39 is 20.3 Å². The monoisotopic (exact) mass is 544 g/mol. The van der Waals surface area contributed by atoms with Crippen molar-refractivity contribution < 1.29 is 17.5 Å². The molecule has 0 aliphatic rings. The van der Waals surface area contributed by atoms with Gasteiger partial charge in [-0.15, -0.1) is 23.2 Å². The smallest absolute Gasteiger partial charge is 0.327 e. The first-order chi connectivity index (χ1) is 16.2. The summed E-state index contributed by atoms with van der Waals surface area (Å²) in [6.07, 6.45) is 1.17. The number of benzene rings is 1. The quantitative estimate of drug-likeness (QED) is 0.151. The Morgan fingerprint density at radius 1 is 1.12 bits per heavy atom. The van der Waals surface area contributed by atoms with E-state index in [9.17, 15) is 18.5 Å². The lowest BCUT2D eigenvalue weighted by Gasteiger charge is -2.23. The normalized spacial score (nSPS) is 12.3. The SMILES string of the molecule is Nc1ccc(C(Cc2ccsc2[N+](=O)[O-])S(=O)(=O)Oc2ccc(N(CCCl)CCCl)cc2)cn1. The van der Waals surface area contributed by atoms with Gasteiger partial charge in [0.25, 0.3) is 0 Å². The summed E-state index contributed by atoms with van der Waals surface area (Å²) in [6.45, 7) is 1.16. The molecular weight excluding hydrogens is 523 g/mol. The Balaban J connectivity index is 1.90. The summed E-state index contributed by atoms with van der Waals surface area (Å²) >= 11 is 12.6. The molecule has 34 heavy (non-hydrogen) atoms. The number of hydrogen-bond acceptors (Lipinski definition) is 9. The standard InChI is InChI=1S/C21H22Cl2N4O5S2/c22-8-10-26(11-9-23)17-2-4-18(5-3-17)32-34(30,31)19(16-1-6-20(24)25-14-16)13-15-7-12-33-21(15)27(28)29/h1-7,12,14,19H,8-11,13H2,(H2,24,25). The number of anilines is 2. The van der Waals surface area contributed by atoms with Gasteiger partial charge in [0.15, 0.2) is 0 Å². The van der Waals surface area contributed by atoms with Crippen LogP contribution >= 0.6 is 34.5 Å². The first-order valence-electron chi connectivity index (χ1n) is 10.1. The number of nitro groups is 1. The fraction of sp³-hybridized carbons (Fsp3) is 0.286. The number of hydrogen-bond donors (Lipinski definition) is 1. The first kappa shape index (κ1) is 26.0. The van der Waals surface area contributed by atoms with Gasteiger partial charge in [0.05, 0.1) is 4.92 Å². The largest absolute Gasteiger partial charge is 0.384 e. The van der Waals surface area contributed by atoms with Gasteiger partial charge < -0.3 is 14.8 Å². The van der Waals surface area contributed by atoms with Gasteiger partial charge in [-0.3, -0.25) is 10.1 Å². The van der Waals surface area contributed by atoms with Gasteiger partial charge in [-0.25, -0.2) is 4.98 Å². The molecule has 0 aliphatic heterocycles. The fourth-order valence-corrected chi connectivity index (χ4v) is 5.83. The van der Waals surface area contributed by atoms with Crippen LogP contribution in [0.15, 0.2) is 54.0 Å². The maximum Gasteiger partial charge on any atom is 0.327 e. The molecule has 13 heteroatoms. The highest BCUT2D eigenvalue weighted by molar-refractivity contribution is 7.87. The lowest BCUT2D eigenvalue weighted by atomic mass is 10.1. The van der Waals surface area contributed by atoms with Crippen LogP contribution in [-0.4, -0.2) is 43.2 Å². The molecule has 2 heterocycles. The number of nitrogen functional groups attached to an aromatic ring is 1. The third-order valence-electron chi connectivity index (χ3n) is 4.95. The van der Waals surface area contributed by atoms with E-state index in [4.69, 9.17) is 33.1 Å². The highest BCUT2D eigenvalue weighted by atomic mass is 35.5. The zero-order chi connectivity index (χ0) is 24.7. The first-order valence-corrected chi connectivity index (χ1v) is 13.5. The minimum Gasteiger partial charge on any atom is -0.384 e. The molecule has 1 atom stereocenters. The Kier molecular flexibility index (Phi) is 8.95. The van der Waals surface area contributed by atoms with E-state index in [-0.39, 0.29) is 28.6 Å². The van der Waals surface area contributed by atoms with Gasteiger partial charge in [-0.1, -0.05) is 17.4 Å². The number of rotatable bonds is 12. The number of thiophene rings is 1. The Morgan fingerprint density at radius 3 is 2.35 bits per heavy atom. The molecule has 182 valence electrons. The van der Waals surface area contributed by atoms with E-state index in [0.29, 0.717) is 30.4 Å². The second kappa shape index (κ2) is 11.7. The summed E-state index contributed by atoms with van der Waals surface area (Å²) in [4.78, 5) is 16.8. The van der Waals surface area contributed by atoms with E-state index in [1.807, 2.05) is 4.90 Å². The Hall–Kier alpha value is -2.60. The number of pyridine rings is 1. The molecule has 0 spiro atoms. The summed E-state index contributed by atoms with van der Waals surface area (Å²) in [5.41, 5.74) is 7.06. The highest BCUT2D eigenvalue weighted by Gasteiger charge is 2.33. The zero-order valence-corrected chi connectivity index (χ0v) is 21.0. The summed E-state index contributed by atoms with van der Waals surface area (Å²) in [5, 5.41) is 11.5. The minimum absolute atomic E-state index is 0.105. The Bertz CT molecular complexity index is 1200. The molecule has 2 aromatic heterocycles. The summed E-state index contributed by atoms with van der Waals surface area (Å²) < 4.78 is 32.1. The highest BCUT2D eigenvalue weighted by Crippen LogP contribution is 2.35. The zero-order valence-electron chi connectivity index (χ0n) is 17.8. The van der Waals surface area contributed by atoms with Crippen molar-refractivity contribution >= 4 is 61.2 Å². The summed E-state index contributed by atoms with van der Waals surface area (Å²) in [5.74, 6) is 1.15. The Labute approximate surface area is 211 Å². The maximum absolute atomic E-state index is 13.3. The van der Waals surface area contributed by atoms with Crippen LogP contribution in [0, 0.1) is 10.1 Å². The van der Waals surface area contributed by atoms with Crippen LogP contribution in [0.5, 0.6) is 5.75 Å². The molecule has 0 radical (unpaired) electrons. The van der Waals surface area contributed by atoms with E-state index in [1.165, 1.54) is 36.5 Å². The van der Waals surface area contributed by atoms with Gasteiger partial charge >= 0.3 is 15.1 Å². The lowest BCUT2D eigenvalue weighted by Crippen LogP contribution is -2.27. The van der Waals surface area contributed by atoms with Gasteiger partial charge in [0.1, 0.15) is 16.8 Å². The fourth-order valence-electron chi connectivity index (χ4n) is 3.32. The van der Waals surface area contributed by atoms with Gasteiger partial charge in [0.2, 0.25) is 0 Å². The van der Waals surface area contributed by atoms with Crippen LogP contribution < -0.4 is 14.8 Å². The third kappa shape index (κ3) is 6.50. The second-order valence-electron chi connectivity index (χ2n) is 7.15. The maximum atomic E-state index is 13.3. The minimum atomic E-state index is -4.27. The van der Waals surface area contributed by atoms with Crippen molar-refractivity contribution in [2.45, 2.75) is 11.7 Å². The van der Waals surface area contributed by atoms with Crippen molar-refractivity contribution in [3.05, 3.63) is 75.3 Å². The van der Waals surface area contributed by atoms with Gasteiger partial charge in [0, 0.05) is 48.7 Å². The lowest BCUT2D eigenvalue weighted by molar-refractivity contribution is -0.380. The van der Waals surface area contributed by atoms with Crippen molar-refractivity contribution in [2.75, 3.05) is 35.5 Å². The molecule has 0 aliphatic carbocycles. The van der Waals surface area contributed by atoms with E-state index >= 15 is 0 Å². The van der Waals surface area contributed by atoms with Crippen molar-refractivity contribution in [2.24, 2.45) is 0 Å². The molecule has 2 N–H and O–H groups in total. The van der Waals surface area contributed by atoms with E-state index in [0.717, 1.165) is 17.0 Å². The van der Waals surface area contributed by atoms with Crippen molar-refractivity contribution in [1.82, 2.24) is 4.98 Å². The van der Waals surface area contributed by atoms with E-state index in [1.54, 1.807) is 17.5 Å². The molecule has 3 aromatic rings. The van der Waals surface area contributed by atoms with Crippen LogP contribution in [0.4, 0.5) is 16.5 Å². The Morgan fingerprint density at radius 2 is 1.79 bits per heavy atom. The third-order valence-corrected chi connectivity index (χ3v) is 7.75. The molecular formula is C21H22Cl2N4O5S2. The number of nitrogens with zero attached hydrogens (tertiary/aromatic N) is 3. The van der Waals surface area contributed by atoms with Gasteiger partial charge in [-0.05, 0) is 47.3 Å². The molecule has 0 bridgehead atoms. The molecule has 3 rings (SSSR count). The number of halogens is 2.